The lowest BCUT2D eigenvalue weighted by molar-refractivity contribution is 0.664. The fourth-order valence-corrected chi connectivity index (χ4v) is 17.9. The molecule has 0 radical (unpaired) electrons. The van der Waals surface area contributed by atoms with Crippen molar-refractivity contribution in [1.82, 2.24) is 0 Å². The largest absolute Gasteiger partial charge is 0.456 e. The van der Waals surface area contributed by atoms with Gasteiger partial charge in [-0.05, 0) is 28.9 Å². The van der Waals surface area contributed by atoms with Gasteiger partial charge in [-0.25, -0.2) is 0 Å². The molecule has 3 heterocycles. The monoisotopic (exact) mass is 520 g/mol. The second-order valence-electron chi connectivity index (χ2n) is 12.4. The maximum absolute atomic E-state index is 6.64. The number of fused-ring (bicyclic) bond motifs is 2. The van der Waals surface area contributed by atoms with Crippen molar-refractivity contribution >= 4 is 82.7 Å². The second kappa shape index (κ2) is 7.12. The van der Waals surface area contributed by atoms with Crippen LogP contribution < -0.4 is 15.6 Å². The van der Waals surface area contributed by atoms with E-state index in [1.165, 1.54) is 42.7 Å². The number of benzene rings is 4. The van der Waals surface area contributed by atoms with Crippen LogP contribution in [0.3, 0.4) is 0 Å². The van der Waals surface area contributed by atoms with Gasteiger partial charge in [0.1, 0.15) is 22.3 Å². The normalized spacial score (nSPS) is 18.3. The average Bonchev–Trinajstić information content (AvgIpc) is 3.41. The van der Waals surface area contributed by atoms with Gasteiger partial charge in [0.15, 0.2) is 0 Å². The van der Waals surface area contributed by atoms with Gasteiger partial charge >= 0.3 is 0 Å². The number of furan rings is 2. The van der Waals surface area contributed by atoms with E-state index in [0.29, 0.717) is 0 Å². The molecule has 1 aliphatic rings. The SMILES string of the molecule is C[Si]1(C)Cc2cccc3c2oc2ccc(cc23)[Si](C)(C)[Si](C)(C)c2ccc3oc4c1cccc4c3c2. The maximum atomic E-state index is 6.64. The zero-order valence-corrected chi connectivity index (χ0v) is 25.0. The summed E-state index contributed by atoms with van der Waals surface area (Å²) in [4.78, 5) is 0. The molecule has 0 fully saturated rings. The summed E-state index contributed by atoms with van der Waals surface area (Å²) >= 11 is 0. The minimum Gasteiger partial charge on any atom is -0.456 e. The minimum absolute atomic E-state index is 1.01. The van der Waals surface area contributed by atoms with E-state index in [-0.39, 0.29) is 0 Å². The first-order valence-corrected chi connectivity index (χ1v) is 23.2. The first kappa shape index (κ1) is 22.3. The fraction of sp³-hybridized carbons (Fsp3) is 0.226. The smallest absolute Gasteiger partial charge is 0.138 e. The first-order chi connectivity index (χ1) is 17.1. The second-order valence-corrected chi connectivity index (χ2v) is 32.2. The van der Waals surface area contributed by atoms with Crippen LogP contribution in [0.5, 0.6) is 0 Å². The van der Waals surface area contributed by atoms with Crippen molar-refractivity contribution in [2.75, 3.05) is 0 Å². The number of para-hydroxylation sites is 2. The van der Waals surface area contributed by atoms with Crippen LogP contribution >= 0.6 is 0 Å². The zero-order chi connectivity index (χ0) is 25.0. The van der Waals surface area contributed by atoms with Gasteiger partial charge in [-0.2, -0.15) is 0 Å². The van der Waals surface area contributed by atoms with Crippen LogP contribution in [0.15, 0.2) is 81.6 Å². The van der Waals surface area contributed by atoms with Gasteiger partial charge in [0, 0.05) is 21.5 Å². The molecule has 0 N–H and O–H groups in total. The molecule has 0 aliphatic carbocycles. The Balaban J connectivity index is 1.64. The summed E-state index contributed by atoms with van der Waals surface area (Å²) in [6.45, 7) is 15.2. The van der Waals surface area contributed by atoms with E-state index in [4.69, 9.17) is 8.83 Å². The Labute approximate surface area is 214 Å². The van der Waals surface area contributed by atoms with E-state index in [1.807, 2.05) is 0 Å². The molecular weight excluding hydrogens is 489 g/mol. The fourth-order valence-electron chi connectivity index (χ4n) is 6.40. The van der Waals surface area contributed by atoms with E-state index < -0.39 is 23.3 Å². The summed E-state index contributed by atoms with van der Waals surface area (Å²) in [7, 11) is -5.56. The lowest BCUT2D eigenvalue weighted by Crippen LogP contribution is -2.69. The molecule has 0 atom stereocenters. The predicted molar refractivity (Wildman–Crippen MR) is 162 cm³/mol. The molecule has 0 spiro atoms. The van der Waals surface area contributed by atoms with Crippen molar-refractivity contribution in [2.24, 2.45) is 0 Å². The summed E-state index contributed by atoms with van der Waals surface area (Å²) in [5.74, 6) is 0. The van der Waals surface area contributed by atoms with E-state index in [1.54, 1.807) is 0 Å². The Morgan fingerprint density at radius 2 is 1.08 bits per heavy atom. The molecule has 2 aromatic heterocycles. The molecule has 180 valence electrons. The minimum atomic E-state index is -1.91. The van der Waals surface area contributed by atoms with E-state index in [2.05, 4.69) is 112 Å². The molecule has 0 saturated heterocycles. The molecule has 10 bridgehead atoms. The summed E-state index contributed by atoms with van der Waals surface area (Å²) in [6.07, 6.45) is 0. The highest BCUT2D eigenvalue weighted by atomic mass is 29.3. The van der Waals surface area contributed by atoms with Crippen LogP contribution in [0.2, 0.25) is 39.3 Å². The standard InChI is InChI=1S/C31H32O2Si3/c1-34(2)19-20-9-7-10-23-25-17-21(13-15-27(25)32-30(20)23)35(3,4)36(5,6)22-14-16-28-26(18-22)24-11-8-12-29(34)31(24)33-28/h7-18H,19H2,1-6H3. The third-order valence-corrected chi connectivity index (χ3v) is 30.3. The van der Waals surface area contributed by atoms with Crippen molar-refractivity contribution in [3.05, 3.63) is 78.4 Å². The van der Waals surface area contributed by atoms with Crippen LogP contribution in [0.25, 0.3) is 43.9 Å². The molecule has 7 rings (SSSR count). The molecule has 4 aromatic carbocycles. The Morgan fingerprint density at radius 1 is 0.556 bits per heavy atom. The topological polar surface area (TPSA) is 26.3 Å². The third kappa shape index (κ3) is 2.88. The highest BCUT2D eigenvalue weighted by Crippen LogP contribution is 2.35. The molecule has 36 heavy (non-hydrogen) atoms. The average molecular weight is 521 g/mol. The van der Waals surface area contributed by atoms with Crippen LogP contribution in [-0.4, -0.2) is 23.3 Å². The maximum Gasteiger partial charge on any atom is 0.138 e. The van der Waals surface area contributed by atoms with Crippen molar-refractivity contribution in [2.45, 2.75) is 45.3 Å². The molecule has 1 aliphatic heterocycles. The number of rotatable bonds is 0. The Morgan fingerprint density at radius 3 is 1.69 bits per heavy atom. The van der Waals surface area contributed by atoms with Gasteiger partial charge in [-0.3, -0.25) is 0 Å². The van der Waals surface area contributed by atoms with Gasteiger partial charge < -0.3 is 8.83 Å². The van der Waals surface area contributed by atoms with Crippen molar-refractivity contribution < 1.29 is 8.83 Å². The first-order valence-electron chi connectivity index (χ1n) is 13.0. The summed E-state index contributed by atoms with van der Waals surface area (Å²) in [5.41, 5.74) is 5.49. The van der Waals surface area contributed by atoms with Gasteiger partial charge in [0.05, 0.1) is 23.3 Å². The van der Waals surface area contributed by atoms with Crippen LogP contribution in [-0.2, 0) is 6.04 Å². The third-order valence-electron chi connectivity index (χ3n) is 9.44. The molecule has 2 nitrogen and oxygen atoms in total. The molecular formula is C31H32O2Si3. The van der Waals surface area contributed by atoms with Crippen molar-refractivity contribution in [1.29, 1.82) is 0 Å². The Hall–Kier alpha value is -2.87. The molecule has 0 saturated carbocycles. The van der Waals surface area contributed by atoms with Gasteiger partial charge in [0.25, 0.3) is 0 Å². The van der Waals surface area contributed by atoms with Crippen LogP contribution in [0, 0.1) is 0 Å². The Bertz CT molecular complexity index is 1850. The number of hydrogen-bond donors (Lipinski definition) is 0. The summed E-state index contributed by atoms with van der Waals surface area (Å²) < 4.78 is 13.2. The Kier molecular flexibility index (Phi) is 4.42. The van der Waals surface area contributed by atoms with E-state index in [0.717, 1.165) is 28.4 Å². The van der Waals surface area contributed by atoms with Gasteiger partial charge in [-0.1, -0.05) is 110 Å². The molecule has 6 aromatic rings. The molecule has 0 unspecified atom stereocenters. The van der Waals surface area contributed by atoms with Crippen LogP contribution in [0.4, 0.5) is 0 Å². The van der Waals surface area contributed by atoms with Crippen molar-refractivity contribution in [3.8, 4) is 0 Å². The zero-order valence-electron chi connectivity index (χ0n) is 22.0. The van der Waals surface area contributed by atoms with E-state index >= 15 is 0 Å². The van der Waals surface area contributed by atoms with E-state index in [9.17, 15) is 0 Å². The lowest BCUT2D eigenvalue weighted by Gasteiger charge is -2.39. The number of hydrogen-bond acceptors (Lipinski definition) is 2. The lowest BCUT2D eigenvalue weighted by atomic mass is 10.1. The summed E-state index contributed by atoms with van der Waals surface area (Å²) in [6, 6.07) is 28.7. The summed E-state index contributed by atoms with van der Waals surface area (Å²) in [5, 5.41) is 9.52. The molecule has 0 amide bonds. The predicted octanol–water partition coefficient (Wildman–Crippen LogP) is 7.11. The highest BCUT2D eigenvalue weighted by Gasteiger charge is 2.44. The highest BCUT2D eigenvalue weighted by molar-refractivity contribution is 7.50. The molecule has 5 heteroatoms. The van der Waals surface area contributed by atoms with Gasteiger partial charge in [-0.15, -0.1) is 0 Å². The quantitative estimate of drug-likeness (QED) is 0.200. The van der Waals surface area contributed by atoms with Crippen molar-refractivity contribution in [3.63, 3.8) is 0 Å². The van der Waals surface area contributed by atoms with Crippen LogP contribution in [0.1, 0.15) is 5.56 Å². The van der Waals surface area contributed by atoms with Gasteiger partial charge in [0.2, 0.25) is 0 Å².